The van der Waals surface area contributed by atoms with Gasteiger partial charge in [-0.15, -0.1) is 11.3 Å². The standard InChI is InChI=1S/C20H20N2O5S/c1-22(11-18-21-16-6-4-5-7-17(16)28-18)19(23)12-27-20(24)13-8-14(25-2)10-15(9-13)26-3/h4-10H,11-12H2,1-3H3. The van der Waals surface area contributed by atoms with Crippen molar-refractivity contribution in [3.8, 4) is 11.5 Å². The highest BCUT2D eigenvalue weighted by atomic mass is 32.1. The molecule has 0 aliphatic carbocycles. The lowest BCUT2D eigenvalue weighted by atomic mass is 10.2. The summed E-state index contributed by atoms with van der Waals surface area (Å²) in [6.45, 7) is -0.0114. The maximum Gasteiger partial charge on any atom is 0.338 e. The van der Waals surface area contributed by atoms with E-state index in [0.29, 0.717) is 18.0 Å². The first kappa shape index (κ1) is 19.6. The van der Waals surface area contributed by atoms with E-state index in [9.17, 15) is 9.59 Å². The molecule has 0 aliphatic heterocycles. The van der Waals surface area contributed by atoms with E-state index in [0.717, 1.165) is 15.2 Å². The van der Waals surface area contributed by atoms with Crippen LogP contribution < -0.4 is 9.47 Å². The van der Waals surface area contributed by atoms with E-state index in [4.69, 9.17) is 14.2 Å². The zero-order valence-electron chi connectivity index (χ0n) is 15.8. The predicted octanol–water partition coefficient (Wildman–Crippen LogP) is 3.13. The highest BCUT2D eigenvalue weighted by Gasteiger charge is 2.17. The number of hydrogen-bond acceptors (Lipinski definition) is 7. The van der Waals surface area contributed by atoms with E-state index >= 15 is 0 Å². The molecule has 8 heteroatoms. The lowest BCUT2D eigenvalue weighted by Gasteiger charge is -2.15. The topological polar surface area (TPSA) is 78.0 Å². The predicted molar refractivity (Wildman–Crippen MR) is 106 cm³/mol. The lowest BCUT2D eigenvalue weighted by Crippen LogP contribution is -2.30. The van der Waals surface area contributed by atoms with Crippen LogP contribution in [0.15, 0.2) is 42.5 Å². The van der Waals surface area contributed by atoms with E-state index in [1.807, 2.05) is 24.3 Å². The van der Waals surface area contributed by atoms with Crippen LogP contribution in [0.2, 0.25) is 0 Å². The number of likely N-dealkylation sites (N-methyl/N-ethyl adjacent to an activating group) is 1. The Kier molecular flexibility index (Phi) is 6.10. The van der Waals surface area contributed by atoms with Gasteiger partial charge in [0.1, 0.15) is 16.5 Å². The largest absolute Gasteiger partial charge is 0.497 e. The van der Waals surface area contributed by atoms with Crippen LogP contribution in [0, 0.1) is 0 Å². The van der Waals surface area contributed by atoms with Crippen LogP contribution in [-0.2, 0) is 16.1 Å². The quantitative estimate of drug-likeness (QED) is 0.567. The summed E-state index contributed by atoms with van der Waals surface area (Å²) in [5.41, 5.74) is 1.15. The average molecular weight is 400 g/mol. The van der Waals surface area contributed by atoms with Crippen molar-refractivity contribution in [3.63, 3.8) is 0 Å². The normalized spacial score (nSPS) is 10.5. The fourth-order valence-electron chi connectivity index (χ4n) is 2.52. The summed E-state index contributed by atoms with van der Waals surface area (Å²) in [6.07, 6.45) is 0. The Labute approximate surface area is 166 Å². The van der Waals surface area contributed by atoms with Crippen molar-refractivity contribution >= 4 is 33.4 Å². The molecule has 1 heterocycles. The number of nitrogens with zero attached hydrogens (tertiary/aromatic N) is 2. The van der Waals surface area contributed by atoms with Crippen molar-refractivity contribution in [2.75, 3.05) is 27.9 Å². The molecule has 0 N–H and O–H groups in total. The van der Waals surface area contributed by atoms with Crippen LogP contribution in [0.5, 0.6) is 11.5 Å². The number of ether oxygens (including phenoxy) is 3. The first-order valence-electron chi connectivity index (χ1n) is 8.48. The van der Waals surface area contributed by atoms with Crippen LogP contribution in [-0.4, -0.2) is 49.6 Å². The molecule has 0 spiro atoms. The number of benzene rings is 2. The Morgan fingerprint density at radius 3 is 2.39 bits per heavy atom. The minimum absolute atomic E-state index is 0.248. The number of carbonyl (C=O) groups is 2. The molecule has 2 aromatic carbocycles. The van der Waals surface area contributed by atoms with Gasteiger partial charge in [-0.2, -0.15) is 0 Å². The summed E-state index contributed by atoms with van der Waals surface area (Å²) in [7, 11) is 4.63. The van der Waals surface area contributed by atoms with Gasteiger partial charge in [0, 0.05) is 13.1 Å². The fraction of sp³-hybridized carbons (Fsp3) is 0.250. The van der Waals surface area contributed by atoms with E-state index in [2.05, 4.69) is 4.98 Å². The van der Waals surface area contributed by atoms with Crippen molar-refractivity contribution in [2.24, 2.45) is 0 Å². The Hall–Kier alpha value is -3.13. The maximum atomic E-state index is 12.3. The molecule has 28 heavy (non-hydrogen) atoms. The zero-order chi connectivity index (χ0) is 20.1. The third-order valence-electron chi connectivity index (χ3n) is 4.05. The summed E-state index contributed by atoms with van der Waals surface area (Å²) >= 11 is 1.53. The average Bonchev–Trinajstić information content (AvgIpc) is 3.13. The summed E-state index contributed by atoms with van der Waals surface area (Å²) in [4.78, 5) is 30.6. The Balaban J connectivity index is 1.59. The van der Waals surface area contributed by atoms with Gasteiger partial charge >= 0.3 is 5.97 Å². The number of carbonyl (C=O) groups excluding carboxylic acids is 2. The molecule has 0 bridgehead atoms. The number of para-hydroxylation sites is 1. The minimum Gasteiger partial charge on any atom is -0.497 e. The maximum absolute atomic E-state index is 12.3. The second kappa shape index (κ2) is 8.71. The molecule has 1 aromatic heterocycles. The van der Waals surface area contributed by atoms with Gasteiger partial charge in [0.2, 0.25) is 0 Å². The Morgan fingerprint density at radius 2 is 1.75 bits per heavy atom. The molecule has 0 saturated carbocycles. The van der Waals surface area contributed by atoms with Crippen LogP contribution >= 0.6 is 11.3 Å². The number of amides is 1. The molecule has 0 fully saturated rings. The van der Waals surface area contributed by atoms with Gasteiger partial charge in [0.15, 0.2) is 6.61 Å². The van der Waals surface area contributed by atoms with Crippen molar-refractivity contribution in [3.05, 3.63) is 53.0 Å². The number of esters is 1. The van der Waals surface area contributed by atoms with Crippen molar-refractivity contribution in [1.29, 1.82) is 0 Å². The van der Waals surface area contributed by atoms with E-state index < -0.39 is 5.97 Å². The number of methoxy groups -OCH3 is 2. The smallest absolute Gasteiger partial charge is 0.338 e. The monoisotopic (exact) mass is 400 g/mol. The van der Waals surface area contributed by atoms with E-state index in [1.165, 1.54) is 42.6 Å². The summed E-state index contributed by atoms with van der Waals surface area (Å²) in [6, 6.07) is 12.5. The first-order valence-corrected chi connectivity index (χ1v) is 9.30. The zero-order valence-corrected chi connectivity index (χ0v) is 16.6. The van der Waals surface area contributed by atoms with Gasteiger partial charge in [-0.25, -0.2) is 9.78 Å². The molecule has 0 unspecified atom stereocenters. The highest BCUT2D eigenvalue weighted by molar-refractivity contribution is 7.18. The first-order chi connectivity index (χ1) is 13.5. The van der Waals surface area contributed by atoms with Gasteiger partial charge in [0.05, 0.1) is 36.5 Å². The molecule has 146 valence electrons. The number of rotatable bonds is 7. The van der Waals surface area contributed by atoms with E-state index in [1.54, 1.807) is 13.1 Å². The lowest BCUT2D eigenvalue weighted by molar-refractivity contribution is -0.133. The number of aromatic nitrogens is 1. The Bertz CT molecular complexity index is 946. The summed E-state index contributed by atoms with van der Waals surface area (Å²) in [5, 5.41) is 0.820. The number of fused-ring (bicyclic) bond motifs is 1. The van der Waals surface area contributed by atoms with Gasteiger partial charge in [-0.3, -0.25) is 4.79 Å². The van der Waals surface area contributed by atoms with Gasteiger partial charge in [0.25, 0.3) is 5.91 Å². The van der Waals surface area contributed by atoms with Crippen LogP contribution in [0.25, 0.3) is 10.2 Å². The number of thiazole rings is 1. The minimum atomic E-state index is -0.626. The second-order valence-electron chi connectivity index (χ2n) is 6.00. The van der Waals surface area contributed by atoms with Crippen molar-refractivity contribution in [2.45, 2.75) is 6.54 Å². The molecule has 3 aromatic rings. The summed E-state index contributed by atoms with van der Waals surface area (Å²) in [5.74, 6) is -0.0161. The summed E-state index contributed by atoms with van der Waals surface area (Å²) < 4.78 is 16.5. The molecule has 0 radical (unpaired) electrons. The molecule has 0 aliphatic rings. The fourth-order valence-corrected chi connectivity index (χ4v) is 3.55. The highest BCUT2D eigenvalue weighted by Crippen LogP contribution is 2.24. The number of hydrogen-bond donors (Lipinski definition) is 0. The molecule has 0 saturated heterocycles. The molecule has 0 atom stereocenters. The molecular weight excluding hydrogens is 380 g/mol. The van der Waals surface area contributed by atoms with Crippen LogP contribution in [0.1, 0.15) is 15.4 Å². The van der Waals surface area contributed by atoms with Gasteiger partial charge in [-0.1, -0.05) is 12.1 Å². The van der Waals surface area contributed by atoms with Crippen LogP contribution in [0.4, 0.5) is 0 Å². The third kappa shape index (κ3) is 4.58. The molecule has 1 amide bonds. The van der Waals surface area contributed by atoms with E-state index in [-0.39, 0.29) is 18.1 Å². The SMILES string of the molecule is COc1cc(OC)cc(C(=O)OCC(=O)N(C)Cc2nc3ccccc3s2)c1. The third-order valence-corrected chi connectivity index (χ3v) is 5.07. The van der Waals surface area contributed by atoms with Crippen molar-refractivity contribution in [1.82, 2.24) is 9.88 Å². The molecule has 7 nitrogen and oxygen atoms in total. The van der Waals surface area contributed by atoms with Gasteiger partial charge < -0.3 is 19.1 Å². The molecule has 3 rings (SSSR count). The second-order valence-corrected chi connectivity index (χ2v) is 7.12. The molecular formula is C20H20N2O5S. The Morgan fingerprint density at radius 1 is 1.07 bits per heavy atom. The van der Waals surface area contributed by atoms with Crippen LogP contribution in [0.3, 0.4) is 0 Å². The van der Waals surface area contributed by atoms with Crippen molar-refractivity contribution < 1.29 is 23.8 Å². The van der Waals surface area contributed by atoms with Gasteiger partial charge in [-0.05, 0) is 24.3 Å².